The lowest BCUT2D eigenvalue weighted by Crippen LogP contribution is -2.07. The molecule has 21 heavy (non-hydrogen) atoms. The highest BCUT2D eigenvalue weighted by Crippen LogP contribution is 2.28. The van der Waals surface area contributed by atoms with E-state index in [0.29, 0.717) is 23.0 Å². The van der Waals surface area contributed by atoms with Gasteiger partial charge in [0.1, 0.15) is 0 Å². The number of rotatable bonds is 4. The van der Waals surface area contributed by atoms with E-state index in [9.17, 15) is 9.59 Å². The van der Waals surface area contributed by atoms with E-state index < -0.39 is 0 Å². The first-order valence-corrected chi connectivity index (χ1v) is 6.33. The number of para-hydroxylation sites is 2. The minimum absolute atomic E-state index is 0.165. The van der Waals surface area contributed by atoms with Crippen molar-refractivity contribution in [1.82, 2.24) is 4.98 Å². The summed E-state index contributed by atoms with van der Waals surface area (Å²) in [5.74, 6) is 0.510. The molecule has 1 aromatic carbocycles. The van der Waals surface area contributed by atoms with Gasteiger partial charge in [-0.2, -0.15) is 0 Å². The van der Waals surface area contributed by atoms with Crippen LogP contribution >= 0.6 is 0 Å². The quantitative estimate of drug-likeness (QED) is 0.905. The zero-order chi connectivity index (χ0) is 15.2. The fourth-order valence-electron chi connectivity index (χ4n) is 1.68. The standard InChI is InChI=1S/C15H15N3O3/c1-10(19)17-12-7-8-15(16-9-12)21-14-6-4-3-5-13(14)18-11(2)20/h3-9H,1-2H3,(H,17,19)(H,18,20). The maximum Gasteiger partial charge on any atom is 0.221 e. The van der Waals surface area contributed by atoms with Crippen LogP contribution in [0.2, 0.25) is 0 Å². The Bertz CT molecular complexity index is 653. The molecule has 1 aromatic heterocycles. The van der Waals surface area contributed by atoms with Crippen LogP contribution in [-0.2, 0) is 9.59 Å². The van der Waals surface area contributed by atoms with Crippen LogP contribution in [0.5, 0.6) is 11.6 Å². The number of amides is 2. The van der Waals surface area contributed by atoms with Crippen LogP contribution in [0.1, 0.15) is 13.8 Å². The van der Waals surface area contributed by atoms with Crippen LogP contribution in [-0.4, -0.2) is 16.8 Å². The van der Waals surface area contributed by atoms with Gasteiger partial charge >= 0.3 is 0 Å². The van der Waals surface area contributed by atoms with Gasteiger partial charge in [0.15, 0.2) is 5.75 Å². The molecular weight excluding hydrogens is 270 g/mol. The summed E-state index contributed by atoms with van der Waals surface area (Å²) in [6, 6.07) is 10.4. The minimum Gasteiger partial charge on any atom is -0.437 e. The van der Waals surface area contributed by atoms with Gasteiger partial charge in [-0.15, -0.1) is 0 Å². The minimum atomic E-state index is -0.181. The topological polar surface area (TPSA) is 80.3 Å². The average molecular weight is 285 g/mol. The molecule has 0 unspecified atom stereocenters. The number of hydrogen-bond donors (Lipinski definition) is 2. The number of benzene rings is 1. The molecule has 2 rings (SSSR count). The predicted octanol–water partition coefficient (Wildman–Crippen LogP) is 2.79. The van der Waals surface area contributed by atoms with E-state index in [2.05, 4.69) is 15.6 Å². The van der Waals surface area contributed by atoms with E-state index in [1.165, 1.54) is 20.0 Å². The number of nitrogens with one attached hydrogen (secondary N) is 2. The summed E-state index contributed by atoms with van der Waals surface area (Å²) < 4.78 is 5.63. The van der Waals surface area contributed by atoms with Gasteiger partial charge in [0, 0.05) is 19.9 Å². The van der Waals surface area contributed by atoms with Crippen LogP contribution in [0.15, 0.2) is 42.6 Å². The van der Waals surface area contributed by atoms with Crippen molar-refractivity contribution in [2.45, 2.75) is 13.8 Å². The lowest BCUT2D eigenvalue weighted by molar-refractivity contribution is -0.115. The van der Waals surface area contributed by atoms with Gasteiger partial charge in [0.25, 0.3) is 0 Å². The van der Waals surface area contributed by atoms with Gasteiger partial charge in [-0.05, 0) is 18.2 Å². The van der Waals surface area contributed by atoms with Gasteiger partial charge in [-0.3, -0.25) is 9.59 Å². The molecule has 0 saturated heterocycles. The highest BCUT2D eigenvalue weighted by molar-refractivity contribution is 5.90. The van der Waals surface area contributed by atoms with Crippen molar-refractivity contribution in [3.63, 3.8) is 0 Å². The maximum absolute atomic E-state index is 11.1. The molecule has 2 amide bonds. The molecule has 6 heteroatoms. The highest BCUT2D eigenvalue weighted by atomic mass is 16.5. The molecule has 0 aliphatic rings. The molecule has 2 N–H and O–H groups in total. The van der Waals surface area contributed by atoms with Crippen molar-refractivity contribution in [3.8, 4) is 11.6 Å². The number of pyridine rings is 1. The summed E-state index contributed by atoms with van der Waals surface area (Å²) in [5.41, 5.74) is 1.16. The van der Waals surface area contributed by atoms with Crippen LogP contribution in [0.3, 0.4) is 0 Å². The van der Waals surface area contributed by atoms with E-state index >= 15 is 0 Å². The highest BCUT2D eigenvalue weighted by Gasteiger charge is 2.06. The number of anilines is 2. The molecule has 0 atom stereocenters. The molecular formula is C15H15N3O3. The van der Waals surface area contributed by atoms with Gasteiger partial charge < -0.3 is 15.4 Å². The fraction of sp³-hybridized carbons (Fsp3) is 0.133. The van der Waals surface area contributed by atoms with Crippen molar-refractivity contribution in [1.29, 1.82) is 0 Å². The van der Waals surface area contributed by atoms with Crippen molar-refractivity contribution in [2.24, 2.45) is 0 Å². The molecule has 0 aliphatic heterocycles. The summed E-state index contributed by atoms with van der Waals surface area (Å²) in [6.45, 7) is 2.85. The molecule has 0 spiro atoms. The second-order valence-corrected chi connectivity index (χ2v) is 4.35. The molecule has 108 valence electrons. The van der Waals surface area contributed by atoms with E-state index in [1.807, 2.05) is 0 Å². The van der Waals surface area contributed by atoms with E-state index in [-0.39, 0.29) is 11.8 Å². The van der Waals surface area contributed by atoms with Crippen LogP contribution < -0.4 is 15.4 Å². The Kier molecular flexibility index (Phi) is 4.50. The second kappa shape index (κ2) is 6.51. The van der Waals surface area contributed by atoms with E-state index in [1.54, 1.807) is 36.4 Å². The first-order chi connectivity index (χ1) is 10.0. The third kappa shape index (κ3) is 4.31. The van der Waals surface area contributed by atoms with E-state index in [4.69, 9.17) is 4.74 Å². The van der Waals surface area contributed by atoms with Crippen LogP contribution in [0, 0.1) is 0 Å². The Hall–Kier alpha value is -2.89. The monoisotopic (exact) mass is 285 g/mol. The Morgan fingerprint density at radius 3 is 2.33 bits per heavy atom. The molecule has 0 radical (unpaired) electrons. The van der Waals surface area contributed by atoms with Crippen LogP contribution in [0.4, 0.5) is 11.4 Å². The molecule has 1 heterocycles. The van der Waals surface area contributed by atoms with E-state index in [0.717, 1.165) is 0 Å². The Balaban J connectivity index is 2.14. The first-order valence-electron chi connectivity index (χ1n) is 6.33. The Morgan fingerprint density at radius 2 is 1.71 bits per heavy atom. The number of carbonyl (C=O) groups excluding carboxylic acids is 2. The zero-order valence-corrected chi connectivity index (χ0v) is 11.7. The predicted molar refractivity (Wildman–Crippen MR) is 79.4 cm³/mol. The summed E-state index contributed by atoms with van der Waals surface area (Å²) in [7, 11) is 0. The maximum atomic E-state index is 11.1. The lowest BCUT2D eigenvalue weighted by atomic mass is 10.3. The normalized spacial score (nSPS) is 9.81. The molecule has 0 fully saturated rings. The van der Waals surface area contributed by atoms with Crippen molar-refractivity contribution in [3.05, 3.63) is 42.6 Å². The average Bonchev–Trinajstić information content (AvgIpc) is 2.42. The summed E-state index contributed by atoms with van der Waals surface area (Å²) in [4.78, 5) is 26.2. The number of hydrogen-bond acceptors (Lipinski definition) is 4. The summed E-state index contributed by atoms with van der Waals surface area (Å²) >= 11 is 0. The summed E-state index contributed by atoms with van der Waals surface area (Å²) in [6.07, 6.45) is 1.50. The second-order valence-electron chi connectivity index (χ2n) is 4.35. The lowest BCUT2D eigenvalue weighted by Gasteiger charge is -2.10. The van der Waals surface area contributed by atoms with Crippen molar-refractivity contribution < 1.29 is 14.3 Å². The van der Waals surface area contributed by atoms with Crippen LogP contribution in [0.25, 0.3) is 0 Å². The van der Waals surface area contributed by atoms with Gasteiger partial charge in [0.05, 0.1) is 17.6 Å². The third-order valence-electron chi connectivity index (χ3n) is 2.47. The molecule has 0 saturated carbocycles. The van der Waals surface area contributed by atoms with Gasteiger partial charge in [0.2, 0.25) is 17.7 Å². The number of carbonyl (C=O) groups is 2. The fourth-order valence-corrected chi connectivity index (χ4v) is 1.68. The SMILES string of the molecule is CC(=O)Nc1ccc(Oc2ccccc2NC(C)=O)nc1. The summed E-state index contributed by atoms with van der Waals surface area (Å²) in [5, 5.41) is 5.30. The van der Waals surface area contributed by atoms with Gasteiger partial charge in [-0.25, -0.2) is 4.98 Å². The molecule has 2 aromatic rings. The number of aromatic nitrogens is 1. The number of nitrogens with zero attached hydrogens (tertiary/aromatic N) is 1. The third-order valence-corrected chi connectivity index (χ3v) is 2.47. The Morgan fingerprint density at radius 1 is 1.00 bits per heavy atom. The Labute approximate surface area is 122 Å². The van der Waals surface area contributed by atoms with Gasteiger partial charge in [-0.1, -0.05) is 12.1 Å². The largest absolute Gasteiger partial charge is 0.437 e. The first kappa shape index (κ1) is 14.5. The smallest absolute Gasteiger partial charge is 0.221 e. The van der Waals surface area contributed by atoms with Crippen molar-refractivity contribution >= 4 is 23.2 Å². The van der Waals surface area contributed by atoms with Crippen molar-refractivity contribution in [2.75, 3.05) is 10.6 Å². The molecule has 0 bridgehead atoms. The molecule has 6 nitrogen and oxygen atoms in total. The molecule has 0 aliphatic carbocycles. The zero-order valence-electron chi connectivity index (χ0n) is 11.7. The number of ether oxygens (including phenoxy) is 1.